The predicted molar refractivity (Wildman–Crippen MR) is 214 cm³/mol. The van der Waals surface area contributed by atoms with Crippen LogP contribution < -0.4 is 0 Å². The Labute approximate surface area is 302 Å². The number of hydrogen-bond acceptors (Lipinski definition) is 3. The normalized spacial score (nSPS) is 13.0. The van der Waals surface area contributed by atoms with E-state index in [1.165, 1.54) is 33.4 Å². The maximum absolute atomic E-state index is 6.71. The Morgan fingerprint density at radius 3 is 1.85 bits per heavy atom. The van der Waals surface area contributed by atoms with E-state index in [0.29, 0.717) is 5.82 Å². The molecular formula is C49H34N2O. The fraction of sp³-hybridized carbons (Fsp3) is 0.0612. The first-order valence-electron chi connectivity index (χ1n) is 17.8. The van der Waals surface area contributed by atoms with E-state index in [0.717, 1.165) is 61.1 Å². The van der Waals surface area contributed by atoms with Crippen LogP contribution in [0.2, 0.25) is 0 Å². The van der Waals surface area contributed by atoms with Crippen LogP contribution in [-0.2, 0) is 5.41 Å². The van der Waals surface area contributed by atoms with E-state index in [4.69, 9.17) is 14.4 Å². The molecule has 246 valence electrons. The third-order valence-corrected chi connectivity index (χ3v) is 10.7. The van der Waals surface area contributed by atoms with Crippen molar-refractivity contribution < 1.29 is 4.42 Å². The lowest BCUT2D eigenvalue weighted by Gasteiger charge is -2.22. The Balaban J connectivity index is 1.15. The minimum Gasteiger partial charge on any atom is -0.455 e. The van der Waals surface area contributed by atoms with Crippen LogP contribution in [0.1, 0.15) is 25.0 Å². The Hall–Kier alpha value is -6.58. The Kier molecular flexibility index (Phi) is 6.84. The summed E-state index contributed by atoms with van der Waals surface area (Å²) in [4.78, 5) is 10.3. The molecule has 0 radical (unpaired) electrons. The van der Waals surface area contributed by atoms with Crippen LogP contribution >= 0.6 is 0 Å². The van der Waals surface area contributed by atoms with Crippen molar-refractivity contribution in [2.75, 3.05) is 0 Å². The molecular weight excluding hydrogens is 633 g/mol. The lowest BCUT2D eigenvalue weighted by atomic mass is 9.81. The molecule has 10 rings (SSSR count). The van der Waals surface area contributed by atoms with Crippen LogP contribution in [0, 0.1) is 0 Å². The van der Waals surface area contributed by atoms with Gasteiger partial charge in [-0.15, -0.1) is 0 Å². The summed E-state index contributed by atoms with van der Waals surface area (Å²) < 4.78 is 6.71. The summed E-state index contributed by atoms with van der Waals surface area (Å²) in [6.07, 6.45) is 0. The quantitative estimate of drug-likeness (QED) is 0.183. The largest absolute Gasteiger partial charge is 0.455 e. The van der Waals surface area contributed by atoms with Crippen molar-refractivity contribution in [3.05, 3.63) is 181 Å². The van der Waals surface area contributed by atoms with Crippen molar-refractivity contribution in [3.63, 3.8) is 0 Å². The monoisotopic (exact) mass is 666 g/mol. The molecule has 0 spiro atoms. The summed E-state index contributed by atoms with van der Waals surface area (Å²) in [5.41, 5.74) is 16.2. The molecule has 0 fully saturated rings. The number of benzene rings is 7. The fourth-order valence-electron chi connectivity index (χ4n) is 8.06. The van der Waals surface area contributed by atoms with Crippen LogP contribution in [0.3, 0.4) is 0 Å². The molecule has 0 atom stereocenters. The van der Waals surface area contributed by atoms with Gasteiger partial charge in [0.05, 0.1) is 17.0 Å². The molecule has 3 nitrogen and oxygen atoms in total. The SMILES string of the molecule is CC1(C)c2ccccc2-c2ccc(-c3ccc(-c4ccc5c(oc6ccccc65)c4-c4cc(-c5ccccc5)nc(-c5ccccc5)n4)cc3)cc21. The number of aromatic nitrogens is 2. The van der Waals surface area contributed by atoms with Gasteiger partial charge in [0.25, 0.3) is 0 Å². The summed E-state index contributed by atoms with van der Waals surface area (Å²) in [6, 6.07) is 60.0. The zero-order valence-corrected chi connectivity index (χ0v) is 29.0. The third-order valence-electron chi connectivity index (χ3n) is 10.7. The molecule has 0 saturated carbocycles. The number of rotatable bonds is 5. The summed E-state index contributed by atoms with van der Waals surface area (Å²) >= 11 is 0. The highest BCUT2D eigenvalue weighted by Gasteiger charge is 2.35. The zero-order chi connectivity index (χ0) is 34.8. The highest BCUT2D eigenvalue weighted by Crippen LogP contribution is 2.50. The molecule has 0 N–H and O–H groups in total. The van der Waals surface area contributed by atoms with E-state index in [9.17, 15) is 0 Å². The molecule has 7 aromatic carbocycles. The second kappa shape index (κ2) is 11.8. The maximum atomic E-state index is 6.71. The summed E-state index contributed by atoms with van der Waals surface area (Å²) in [5, 5.41) is 2.15. The number of para-hydroxylation sites is 1. The molecule has 2 heterocycles. The summed E-state index contributed by atoms with van der Waals surface area (Å²) in [7, 11) is 0. The highest BCUT2D eigenvalue weighted by atomic mass is 16.3. The third kappa shape index (κ3) is 4.81. The molecule has 0 saturated heterocycles. The molecule has 52 heavy (non-hydrogen) atoms. The lowest BCUT2D eigenvalue weighted by molar-refractivity contribution is 0.660. The van der Waals surface area contributed by atoms with Crippen molar-refractivity contribution in [3.8, 4) is 67.3 Å². The van der Waals surface area contributed by atoms with Crippen molar-refractivity contribution in [2.45, 2.75) is 19.3 Å². The molecule has 3 heteroatoms. The van der Waals surface area contributed by atoms with Crippen molar-refractivity contribution in [1.82, 2.24) is 9.97 Å². The second-order valence-corrected chi connectivity index (χ2v) is 14.2. The maximum Gasteiger partial charge on any atom is 0.160 e. The zero-order valence-electron chi connectivity index (χ0n) is 29.0. The van der Waals surface area contributed by atoms with Crippen molar-refractivity contribution in [2.24, 2.45) is 0 Å². The van der Waals surface area contributed by atoms with Gasteiger partial charge in [-0.1, -0.05) is 159 Å². The predicted octanol–water partition coefficient (Wildman–Crippen LogP) is 13.0. The first-order chi connectivity index (χ1) is 25.5. The Morgan fingerprint density at radius 2 is 1.04 bits per heavy atom. The van der Waals surface area contributed by atoms with E-state index in [-0.39, 0.29) is 5.41 Å². The topological polar surface area (TPSA) is 38.9 Å². The van der Waals surface area contributed by atoms with Crippen LogP contribution in [0.25, 0.3) is 89.2 Å². The molecule has 0 amide bonds. The van der Waals surface area contributed by atoms with Crippen LogP contribution in [0.5, 0.6) is 0 Å². The number of nitrogens with zero attached hydrogens (tertiary/aromatic N) is 2. The van der Waals surface area contributed by atoms with Gasteiger partial charge in [-0.3, -0.25) is 0 Å². The number of fused-ring (bicyclic) bond motifs is 6. The van der Waals surface area contributed by atoms with Gasteiger partial charge in [-0.2, -0.15) is 0 Å². The average molecular weight is 667 g/mol. The van der Waals surface area contributed by atoms with Gasteiger partial charge >= 0.3 is 0 Å². The molecule has 1 aliphatic carbocycles. The van der Waals surface area contributed by atoms with Crippen LogP contribution in [-0.4, -0.2) is 9.97 Å². The van der Waals surface area contributed by atoms with Gasteiger partial charge in [0.1, 0.15) is 11.2 Å². The fourth-order valence-corrected chi connectivity index (χ4v) is 8.06. The molecule has 1 aliphatic rings. The van der Waals surface area contributed by atoms with E-state index in [2.05, 4.69) is 135 Å². The molecule has 0 aliphatic heterocycles. The first kappa shape index (κ1) is 30.3. The minimum atomic E-state index is -0.0481. The summed E-state index contributed by atoms with van der Waals surface area (Å²) in [5.74, 6) is 0.674. The molecule has 9 aromatic rings. The van der Waals surface area contributed by atoms with Crippen LogP contribution in [0.4, 0.5) is 0 Å². The second-order valence-electron chi connectivity index (χ2n) is 14.2. The van der Waals surface area contributed by atoms with E-state index in [1.54, 1.807) is 0 Å². The van der Waals surface area contributed by atoms with E-state index in [1.807, 2.05) is 48.5 Å². The molecule has 0 bridgehead atoms. The standard InChI is InChI=1S/C49H34N2O/c1-49(2)41-19-11-9-17-37(41)38-26-25-35(29-42(38)49)31-21-23-32(24-22-31)36-27-28-40-39-18-10-12-20-45(39)52-47(40)46(36)44-30-43(33-13-5-3-6-14-33)50-48(51-44)34-15-7-4-8-16-34/h3-30H,1-2H3. The lowest BCUT2D eigenvalue weighted by Crippen LogP contribution is -2.14. The highest BCUT2D eigenvalue weighted by molar-refractivity contribution is 6.12. The van der Waals surface area contributed by atoms with Gasteiger partial charge in [-0.05, 0) is 68.8 Å². The summed E-state index contributed by atoms with van der Waals surface area (Å²) in [6.45, 7) is 4.67. The minimum absolute atomic E-state index is 0.0481. The number of hydrogen-bond donors (Lipinski definition) is 0. The van der Waals surface area contributed by atoms with Gasteiger partial charge < -0.3 is 4.42 Å². The first-order valence-corrected chi connectivity index (χ1v) is 17.8. The van der Waals surface area contributed by atoms with Crippen molar-refractivity contribution in [1.29, 1.82) is 0 Å². The average Bonchev–Trinajstić information content (AvgIpc) is 3.70. The Morgan fingerprint density at radius 1 is 0.423 bits per heavy atom. The van der Waals surface area contributed by atoms with E-state index < -0.39 is 0 Å². The van der Waals surface area contributed by atoms with Crippen LogP contribution in [0.15, 0.2) is 174 Å². The van der Waals surface area contributed by atoms with Gasteiger partial charge in [0.2, 0.25) is 0 Å². The van der Waals surface area contributed by atoms with Crippen molar-refractivity contribution >= 4 is 21.9 Å². The van der Waals surface area contributed by atoms with Gasteiger partial charge in [0, 0.05) is 27.3 Å². The molecule has 2 aromatic heterocycles. The number of furan rings is 1. The van der Waals surface area contributed by atoms with Gasteiger partial charge in [0.15, 0.2) is 5.82 Å². The van der Waals surface area contributed by atoms with E-state index >= 15 is 0 Å². The molecule has 0 unspecified atom stereocenters. The van der Waals surface area contributed by atoms with Gasteiger partial charge in [-0.25, -0.2) is 9.97 Å². The Bertz CT molecular complexity index is 2740. The smallest absolute Gasteiger partial charge is 0.160 e.